The number of alkyl halides is 4. The summed E-state index contributed by atoms with van der Waals surface area (Å²) in [6, 6.07) is 0. The maximum absolute atomic E-state index is 12.0. The highest BCUT2D eigenvalue weighted by atomic mass is 19.3. The molecule has 0 spiro atoms. The monoisotopic (exact) mass is 175 g/mol. The van der Waals surface area contributed by atoms with Crippen LogP contribution in [0.3, 0.4) is 0 Å². The molecule has 0 saturated heterocycles. The van der Waals surface area contributed by atoms with Gasteiger partial charge in [0.15, 0.2) is 0 Å². The van der Waals surface area contributed by atoms with Crippen LogP contribution in [0, 0.1) is 0 Å². The molecule has 0 amide bonds. The molecule has 0 bridgehead atoms. The number of rotatable bonds is 5. The summed E-state index contributed by atoms with van der Waals surface area (Å²) in [5, 5.41) is 10.1. The summed E-state index contributed by atoms with van der Waals surface area (Å²) in [5.41, 5.74) is 0. The van der Waals surface area contributed by atoms with E-state index in [0.29, 0.717) is 0 Å². The molecular weight excluding hydrogens is 166 g/mol. The molecule has 0 heterocycles. The Morgan fingerprint density at radius 2 is 1.91 bits per heavy atom. The van der Waals surface area contributed by atoms with Gasteiger partial charge in [0.1, 0.15) is 0 Å². The average Bonchev–Trinajstić information content (AvgIpc) is 1.88. The number of hydrogen-bond acceptors (Lipinski definition) is 2. The first-order chi connectivity index (χ1) is 5.00. The van der Waals surface area contributed by atoms with Crippen LogP contribution < -0.4 is 5.32 Å². The predicted octanol–water partition coefficient (Wildman–Crippen LogP) is 0.469. The van der Waals surface area contributed by atoms with Crippen LogP contribution in [-0.2, 0) is 0 Å². The standard InChI is InChI=1S/C5H9F4NO/c6-4(7)5(8,9)3-10-1-2-11/h4,10-11H,1-3H2. The smallest absolute Gasteiger partial charge is 0.319 e. The van der Waals surface area contributed by atoms with Crippen LogP contribution in [0.25, 0.3) is 0 Å². The molecule has 0 aliphatic rings. The fourth-order valence-electron chi connectivity index (χ4n) is 0.411. The van der Waals surface area contributed by atoms with Gasteiger partial charge in [-0.1, -0.05) is 0 Å². The zero-order chi connectivity index (χ0) is 8.91. The number of aliphatic hydroxyl groups is 1. The Bertz CT molecular complexity index is 109. The highest BCUT2D eigenvalue weighted by Gasteiger charge is 2.39. The first-order valence-electron chi connectivity index (χ1n) is 2.98. The quantitative estimate of drug-likeness (QED) is 0.470. The molecule has 0 unspecified atom stereocenters. The minimum absolute atomic E-state index is 0.109. The fraction of sp³-hybridized carbons (Fsp3) is 1.00. The van der Waals surface area contributed by atoms with Gasteiger partial charge >= 0.3 is 12.3 Å². The van der Waals surface area contributed by atoms with Gasteiger partial charge in [0.05, 0.1) is 13.2 Å². The van der Waals surface area contributed by atoms with E-state index in [1.54, 1.807) is 0 Å². The third-order valence-electron chi connectivity index (χ3n) is 0.969. The van der Waals surface area contributed by atoms with Gasteiger partial charge in [0, 0.05) is 6.54 Å². The maximum Gasteiger partial charge on any atom is 0.319 e. The Morgan fingerprint density at radius 1 is 1.36 bits per heavy atom. The lowest BCUT2D eigenvalue weighted by Gasteiger charge is -2.14. The van der Waals surface area contributed by atoms with E-state index < -0.39 is 18.9 Å². The SMILES string of the molecule is OCCNCC(F)(F)C(F)F. The second-order valence-corrected chi connectivity index (χ2v) is 1.96. The molecule has 0 atom stereocenters. The van der Waals surface area contributed by atoms with E-state index in [-0.39, 0.29) is 13.2 Å². The molecule has 6 heteroatoms. The molecule has 0 radical (unpaired) electrons. The van der Waals surface area contributed by atoms with Crippen LogP contribution in [0.4, 0.5) is 17.6 Å². The van der Waals surface area contributed by atoms with E-state index in [9.17, 15) is 17.6 Å². The lowest BCUT2D eigenvalue weighted by Crippen LogP contribution is -2.39. The highest BCUT2D eigenvalue weighted by molar-refractivity contribution is 4.71. The molecule has 0 rings (SSSR count). The van der Waals surface area contributed by atoms with Crippen molar-refractivity contribution < 1.29 is 22.7 Å². The molecule has 0 aromatic carbocycles. The molecule has 2 N–H and O–H groups in total. The molecule has 0 fully saturated rings. The van der Waals surface area contributed by atoms with E-state index in [4.69, 9.17) is 5.11 Å². The first kappa shape index (κ1) is 10.6. The van der Waals surface area contributed by atoms with Gasteiger partial charge in [-0.25, -0.2) is 8.78 Å². The van der Waals surface area contributed by atoms with Gasteiger partial charge < -0.3 is 10.4 Å². The molecular formula is C5H9F4NO. The van der Waals surface area contributed by atoms with Crippen LogP contribution in [-0.4, -0.2) is 37.2 Å². The van der Waals surface area contributed by atoms with Crippen molar-refractivity contribution in [1.29, 1.82) is 0 Å². The lowest BCUT2D eigenvalue weighted by molar-refractivity contribution is -0.125. The molecule has 2 nitrogen and oxygen atoms in total. The first-order valence-corrected chi connectivity index (χ1v) is 2.98. The van der Waals surface area contributed by atoms with Crippen LogP contribution in [0.15, 0.2) is 0 Å². The lowest BCUT2D eigenvalue weighted by atomic mass is 10.3. The van der Waals surface area contributed by atoms with Gasteiger partial charge in [-0.2, -0.15) is 8.78 Å². The van der Waals surface area contributed by atoms with Gasteiger partial charge in [0.25, 0.3) is 0 Å². The molecule has 68 valence electrons. The second kappa shape index (κ2) is 4.50. The number of hydrogen-bond donors (Lipinski definition) is 2. The summed E-state index contributed by atoms with van der Waals surface area (Å²) >= 11 is 0. The minimum Gasteiger partial charge on any atom is -0.395 e. The molecule has 0 aromatic heterocycles. The van der Waals surface area contributed by atoms with E-state index in [1.807, 2.05) is 5.32 Å². The Labute approximate surface area is 61.2 Å². The summed E-state index contributed by atoms with van der Waals surface area (Å²) in [6.45, 7) is -1.56. The third kappa shape index (κ3) is 4.15. The molecule has 0 aromatic rings. The largest absolute Gasteiger partial charge is 0.395 e. The zero-order valence-corrected chi connectivity index (χ0v) is 5.66. The van der Waals surface area contributed by atoms with Gasteiger partial charge in [-0.3, -0.25) is 0 Å². The summed E-state index contributed by atoms with van der Waals surface area (Å²) < 4.78 is 46.7. The number of halogens is 4. The van der Waals surface area contributed by atoms with Crippen LogP contribution in [0.2, 0.25) is 0 Å². The second-order valence-electron chi connectivity index (χ2n) is 1.96. The van der Waals surface area contributed by atoms with Crippen molar-refractivity contribution in [2.24, 2.45) is 0 Å². The van der Waals surface area contributed by atoms with Crippen LogP contribution in [0.5, 0.6) is 0 Å². The molecule has 0 saturated carbocycles. The third-order valence-corrected chi connectivity index (χ3v) is 0.969. The van der Waals surface area contributed by atoms with E-state index in [2.05, 4.69) is 0 Å². The van der Waals surface area contributed by atoms with Crippen LogP contribution >= 0.6 is 0 Å². The van der Waals surface area contributed by atoms with Crippen molar-refractivity contribution >= 4 is 0 Å². The van der Waals surface area contributed by atoms with Crippen molar-refractivity contribution in [3.05, 3.63) is 0 Å². The summed E-state index contributed by atoms with van der Waals surface area (Å²) in [7, 11) is 0. The van der Waals surface area contributed by atoms with E-state index in [1.165, 1.54) is 0 Å². The van der Waals surface area contributed by atoms with Crippen molar-refractivity contribution in [2.75, 3.05) is 19.7 Å². The maximum atomic E-state index is 12.0. The summed E-state index contributed by atoms with van der Waals surface area (Å²) in [6.07, 6.45) is -3.66. The van der Waals surface area contributed by atoms with Gasteiger partial charge in [-0.15, -0.1) is 0 Å². The van der Waals surface area contributed by atoms with Crippen LogP contribution in [0.1, 0.15) is 0 Å². The summed E-state index contributed by atoms with van der Waals surface area (Å²) in [4.78, 5) is 0. The molecule has 0 aliphatic carbocycles. The fourth-order valence-corrected chi connectivity index (χ4v) is 0.411. The Balaban J connectivity index is 3.55. The van der Waals surface area contributed by atoms with Gasteiger partial charge in [0.2, 0.25) is 0 Å². The summed E-state index contributed by atoms with van der Waals surface area (Å²) in [5.74, 6) is -4.00. The average molecular weight is 175 g/mol. The van der Waals surface area contributed by atoms with Crippen molar-refractivity contribution in [2.45, 2.75) is 12.3 Å². The number of aliphatic hydroxyl groups excluding tert-OH is 1. The Kier molecular flexibility index (Phi) is 4.36. The van der Waals surface area contributed by atoms with E-state index >= 15 is 0 Å². The van der Waals surface area contributed by atoms with Gasteiger partial charge in [-0.05, 0) is 0 Å². The Morgan fingerprint density at radius 3 is 2.27 bits per heavy atom. The minimum atomic E-state index is -4.00. The normalized spacial score (nSPS) is 12.5. The topological polar surface area (TPSA) is 32.3 Å². The number of nitrogens with one attached hydrogen (secondary N) is 1. The van der Waals surface area contributed by atoms with Crippen molar-refractivity contribution in [1.82, 2.24) is 5.32 Å². The van der Waals surface area contributed by atoms with Crippen molar-refractivity contribution in [3.8, 4) is 0 Å². The van der Waals surface area contributed by atoms with E-state index in [0.717, 1.165) is 0 Å². The predicted molar refractivity (Wildman–Crippen MR) is 30.9 cm³/mol. The Hall–Kier alpha value is -0.360. The molecule has 0 aliphatic heterocycles. The zero-order valence-electron chi connectivity index (χ0n) is 5.66. The molecule has 11 heavy (non-hydrogen) atoms. The highest BCUT2D eigenvalue weighted by Crippen LogP contribution is 2.21. The van der Waals surface area contributed by atoms with Crippen molar-refractivity contribution in [3.63, 3.8) is 0 Å².